The van der Waals surface area contributed by atoms with Crippen LogP contribution in [0.3, 0.4) is 0 Å². The first-order valence-corrected chi connectivity index (χ1v) is 8.32. The Morgan fingerprint density at radius 2 is 2.23 bits per heavy atom. The van der Waals surface area contributed by atoms with Gasteiger partial charge in [-0.3, -0.25) is 4.79 Å². The molecule has 0 aromatic heterocycles. The summed E-state index contributed by atoms with van der Waals surface area (Å²) in [6.07, 6.45) is 4.01. The van der Waals surface area contributed by atoms with Gasteiger partial charge in [-0.25, -0.2) is 0 Å². The lowest BCUT2D eigenvalue weighted by atomic mass is 9.96. The molecule has 122 valence electrons. The third kappa shape index (κ3) is 5.68. The molecule has 0 saturated carbocycles. The second-order valence-electron chi connectivity index (χ2n) is 6.20. The van der Waals surface area contributed by atoms with E-state index in [1.54, 1.807) is 0 Å². The van der Waals surface area contributed by atoms with Crippen LogP contribution in [-0.4, -0.2) is 32.1 Å². The standard InChI is InChI=1S/C18H28N2O2/c1-14-5-6-17(12-15(14)2)22-11-8-18(21)20-10-7-16-4-3-9-19-13-16/h5-6,12,16,19H,3-4,7-11,13H2,1-2H3,(H,20,21). The van der Waals surface area contributed by atoms with E-state index < -0.39 is 0 Å². The van der Waals surface area contributed by atoms with E-state index >= 15 is 0 Å². The molecule has 1 heterocycles. The monoisotopic (exact) mass is 304 g/mol. The van der Waals surface area contributed by atoms with Crippen molar-refractivity contribution >= 4 is 5.91 Å². The zero-order valence-electron chi connectivity index (χ0n) is 13.8. The lowest BCUT2D eigenvalue weighted by molar-refractivity contribution is -0.121. The van der Waals surface area contributed by atoms with Gasteiger partial charge in [0.05, 0.1) is 13.0 Å². The maximum atomic E-state index is 11.8. The molecule has 0 aliphatic carbocycles. The molecule has 1 amide bonds. The lowest BCUT2D eigenvalue weighted by Crippen LogP contribution is -2.33. The molecule has 1 saturated heterocycles. The average Bonchev–Trinajstić information content (AvgIpc) is 2.52. The van der Waals surface area contributed by atoms with Crippen LogP contribution in [-0.2, 0) is 4.79 Å². The summed E-state index contributed by atoms with van der Waals surface area (Å²) < 4.78 is 5.64. The molecule has 0 spiro atoms. The third-order valence-corrected chi connectivity index (χ3v) is 4.35. The average molecular weight is 304 g/mol. The molecule has 1 aromatic carbocycles. The Morgan fingerprint density at radius 1 is 1.36 bits per heavy atom. The number of amides is 1. The number of ether oxygens (including phenoxy) is 1. The van der Waals surface area contributed by atoms with Gasteiger partial charge in [0.1, 0.15) is 5.75 Å². The molecule has 1 unspecified atom stereocenters. The Hall–Kier alpha value is -1.55. The molecule has 2 rings (SSSR count). The van der Waals surface area contributed by atoms with Crippen LogP contribution in [0.25, 0.3) is 0 Å². The number of aryl methyl sites for hydroxylation is 2. The number of rotatable bonds is 7. The maximum Gasteiger partial charge on any atom is 0.223 e. The molecule has 22 heavy (non-hydrogen) atoms. The minimum absolute atomic E-state index is 0.0765. The molecule has 0 bridgehead atoms. The Bertz CT molecular complexity index is 482. The van der Waals surface area contributed by atoms with Crippen LogP contribution in [0.15, 0.2) is 18.2 Å². The fourth-order valence-electron chi connectivity index (χ4n) is 2.74. The molecular formula is C18H28N2O2. The van der Waals surface area contributed by atoms with E-state index in [1.165, 1.54) is 24.0 Å². The number of hydrogen-bond acceptors (Lipinski definition) is 3. The van der Waals surface area contributed by atoms with Crippen molar-refractivity contribution in [3.8, 4) is 5.75 Å². The summed E-state index contributed by atoms with van der Waals surface area (Å²) in [7, 11) is 0. The van der Waals surface area contributed by atoms with E-state index in [9.17, 15) is 4.79 Å². The van der Waals surface area contributed by atoms with Crippen molar-refractivity contribution in [2.24, 2.45) is 5.92 Å². The highest BCUT2D eigenvalue weighted by Gasteiger charge is 2.12. The molecule has 1 fully saturated rings. The van der Waals surface area contributed by atoms with Crippen molar-refractivity contribution in [2.75, 3.05) is 26.2 Å². The van der Waals surface area contributed by atoms with E-state index in [0.717, 1.165) is 31.8 Å². The van der Waals surface area contributed by atoms with Gasteiger partial charge in [0.15, 0.2) is 0 Å². The summed E-state index contributed by atoms with van der Waals surface area (Å²) in [5.74, 6) is 1.62. The second kappa shape index (κ2) is 8.79. The molecular weight excluding hydrogens is 276 g/mol. The van der Waals surface area contributed by atoms with E-state index in [4.69, 9.17) is 4.74 Å². The molecule has 1 aliphatic heterocycles. The Balaban J connectivity index is 1.58. The first-order valence-electron chi connectivity index (χ1n) is 8.32. The van der Waals surface area contributed by atoms with Crippen LogP contribution < -0.4 is 15.4 Å². The molecule has 0 radical (unpaired) electrons. The van der Waals surface area contributed by atoms with Crippen molar-refractivity contribution in [3.05, 3.63) is 29.3 Å². The van der Waals surface area contributed by atoms with Crippen molar-refractivity contribution in [2.45, 2.75) is 39.5 Å². The first-order chi connectivity index (χ1) is 10.6. The highest BCUT2D eigenvalue weighted by Crippen LogP contribution is 2.16. The third-order valence-electron chi connectivity index (χ3n) is 4.35. The van der Waals surface area contributed by atoms with Crippen molar-refractivity contribution in [3.63, 3.8) is 0 Å². The van der Waals surface area contributed by atoms with Gasteiger partial charge in [-0.2, -0.15) is 0 Å². The van der Waals surface area contributed by atoms with E-state index in [-0.39, 0.29) is 5.91 Å². The van der Waals surface area contributed by atoms with Gasteiger partial charge in [0.25, 0.3) is 0 Å². The largest absolute Gasteiger partial charge is 0.493 e. The van der Waals surface area contributed by atoms with E-state index in [0.29, 0.717) is 18.9 Å². The van der Waals surface area contributed by atoms with Crippen LogP contribution in [0, 0.1) is 19.8 Å². The van der Waals surface area contributed by atoms with Gasteiger partial charge in [-0.15, -0.1) is 0 Å². The number of hydrogen-bond donors (Lipinski definition) is 2. The summed E-state index contributed by atoms with van der Waals surface area (Å²) in [5, 5.41) is 6.39. The highest BCUT2D eigenvalue weighted by atomic mass is 16.5. The molecule has 2 N–H and O–H groups in total. The molecule has 4 nitrogen and oxygen atoms in total. The molecule has 4 heteroatoms. The minimum atomic E-state index is 0.0765. The van der Waals surface area contributed by atoms with Gasteiger partial charge >= 0.3 is 0 Å². The highest BCUT2D eigenvalue weighted by molar-refractivity contribution is 5.75. The smallest absolute Gasteiger partial charge is 0.223 e. The summed E-state index contributed by atoms with van der Waals surface area (Å²) >= 11 is 0. The first kappa shape index (κ1) is 16.8. The lowest BCUT2D eigenvalue weighted by Gasteiger charge is -2.22. The fourth-order valence-corrected chi connectivity index (χ4v) is 2.74. The van der Waals surface area contributed by atoms with Gasteiger partial charge in [0, 0.05) is 6.54 Å². The Kier molecular flexibility index (Phi) is 6.72. The minimum Gasteiger partial charge on any atom is -0.493 e. The van der Waals surface area contributed by atoms with E-state index in [1.807, 2.05) is 18.2 Å². The summed E-state index contributed by atoms with van der Waals surface area (Å²) in [6.45, 7) is 7.57. The molecule has 1 aliphatic rings. The number of carbonyl (C=O) groups excluding carboxylic acids is 1. The predicted octanol–water partition coefficient (Wildman–Crippen LogP) is 2.58. The molecule has 1 atom stereocenters. The Morgan fingerprint density at radius 3 is 2.95 bits per heavy atom. The van der Waals surface area contributed by atoms with Crippen LogP contribution in [0.2, 0.25) is 0 Å². The number of carbonyl (C=O) groups is 1. The number of benzene rings is 1. The van der Waals surface area contributed by atoms with Crippen molar-refractivity contribution in [1.82, 2.24) is 10.6 Å². The van der Waals surface area contributed by atoms with Crippen LogP contribution in [0.1, 0.15) is 36.8 Å². The van der Waals surface area contributed by atoms with Crippen LogP contribution >= 0.6 is 0 Å². The van der Waals surface area contributed by atoms with Gasteiger partial charge < -0.3 is 15.4 Å². The maximum absolute atomic E-state index is 11.8. The summed E-state index contributed by atoms with van der Waals surface area (Å²) in [5.41, 5.74) is 2.46. The van der Waals surface area contributed by atoms with Crippen LogP contribution in [0.5, 0.6) is 5.75 Å². The molecule has 1 aromatic rings. The van der Waals surface area contributed by atoms with Gasteiger partial charge in [-0.1, -0.05) is 6.07 Å². The van der Waals surface area contributed by atoms with Crippen molar-refractivity contribution in [1.29, 1.82) is 0 Å². The second-order valence-corrected chi connectivity index (χ2v) is 6.20. The summed E-state index contributed by atoms with van der Waals surface area (Å²) in [4.78, 5) is 11.8. The summed E-state index contributed by atoms with van der Waals surface area (Å²) in [6, 6.07) is 6.02. The number of piperidine rings is 1. The zero-order valence-corrected chi connectivity index (χ0v) is 13.8. The topological polar surface area (TPSA) is 50.4 Å². The predicted molar refractivity (Wildman–Crippen MR) is 89.2 cm³/mol. The van der Waals surface area contributed by atoms with Crippen molar-refractivity contribution < 1.29 is 9.53 Å². The van der Waals surface area contributed by atoms with Gasteiger partial charge in [0.2, 0.25) is 5.91 Å². The fraction of sp³-hybridized carbons (Fsp3) is 0.611. The number of nitrogens with one attached hydrogen (secondary N) is 2. The quantitative estimate of drug-likeness (QED) is 0.814. The SMILES string of the molecule is Cc1ccc(OCCC(=O)NCCC2CCCNC2)cc1C. The van der Waals surface area contributed by atoms with Crippen LogP contribution in [0.4, 0.5) is 0 Å². The van der Waals surface area contributed by atoms with E-state index in [2.05, 4.69) is 24.5 Å². The normalized spacial score (nSPS) is 18.0. The van der Waals surface area contributed by atoms with Gasteiger partial charge in [-0.05, 0) is 75.4 Å². The Labute approximate surface area is 133 Å². The zero-order chi connectivity index (χ0) is 15.8.